The van der Waals surface area contributed by atoms with E-state index < -0.39 is 0 Å². The van der Waals surface area contributed by atoms with Gasteiger partial charge in [-0.05, 0) is 49.6 Å². The number of methoxy groups -OCH3 is 2. The summed E-state index contributed by atoms with van der Waals surface area (Å²) in [5.74, 6) is 0.940. The van der Waals surface area contributed by atoms with E-state index in [2.05, 4.69) is 5.32 Å². The van der Waals surface area contributed by atoms with Crippen LogP contribution in [0.15, 0.2) is 18.2 Å². The molecule has 0 aliphatic heterocycles. The number of hydrogen-bond donors (Lipinski definition) is 1. The molecule has 4 heteroatoms. The minimum absolute atomic E-state index is 0.781. The minimum Gasteiger partial charge on any atom is -0.496 e. The number of nitrogens with one attached hydrogen (secondary N) is 1. The lowest BCUT2D eigenvalue weighted by molar-refractivity contribution is 0.199. The van der Waals surface area contributed by atoms with Crippen LogP contribution in [0.4, 0.5) is 0 Å². The third kappa shape index (κ3) is 7.13. The first-order chi connectivity index (χ1) is 9.77. The monoisotopic (exact) mass is 299 g/mol. The zero-order chi connectivity index (χ0) is 14.6. The Hall–Kier alpha value is -0.770. The van der Waals surface area contributed by atoms with Crippen molar-refractivity contribution in [3.05, 3.63) is 28.8 Å². The smallest absolute Gasteiger partial charge is 0.122 e. The number of ether oxygens (including phenoxy) is 2. The zero-order valence-electron chi connectivity index (χ0n) is 12.6. The molecule has 114 valence electrons. The first kappa shape index (κ1) is 17.3. The number of hydrogen-bond acceptors (Lipinski definition) is 3. The summed E-state index contributed by atoms with van der Waals surface area (Å²) in [4.78, 5) is 0. The van der Waals surface area contributed by atoms with Crippen LogP contribution in [-0.2, 0) is 11.2 Å². The Morgan fingerprint density at radius 1 is 1.05 bits per heavy atom. The van der Waals surface area contributed by atoms with E-state index in [1.54, 1.807) is 14.2 Å². The molecule has 0 saturated heterocycles. The second-order valence-electron chi connectivity index (χ2n) is 4.86. The van der Waals surface area contributed by atoms with Gasteiger partial charge in [0.2, 0.25) is 0 Å². The largest absolute Gasteiger partial charge is 0.496 e. The van der Waals surface area contributed by atoms with E-state index in [9.17, 15) is 0 Å². The molecule has 0 atom stereocenters. The summed E-state index contributed by atoms with van der Waals surface area (Å²) in [5.41, 5.74) is 1.21. The van der Waals surface area contributed by atoms with Gasteiger partial charge in [0.1, 0.15) is 5.75 Å². The summed E-state index contributed by atoms with van der Waals surface area (Å²) in [6.45, 7) is 2.80. The Balaban J connectivity index is 2.10. The van der Waals surface area contributed by atoms with Crippen LogP contribution in [0.5, 0.6) is 5.75 Å². The molecule has 0 unspecified atom stereocenters. The Morgan fingerprint density at radius 2 is 1.85 bits per heavy atom. The maximum Gasteiger partial charge on any atom is 0.122 e. The van der Waals surface area contributed by atoms with E-state index in [1.165, 1.54) is 31.2 Å². The summed E-state index contributed by atoms with van der Waals surface area (Å²) in [6.07, 6.45) is 5.91. The maximum absolute atomic E-state index is 6.02. The van der Waals surface area contributed by atoms with Gasteiger partial charge in [0.05, 0.1) is 13.7 Å². The zero-order valence-corrected chi connectivity index (χ0v) is 13.3. The molecular formula is C16H26ClNO2. The van der Waals surface area contributed by atoms with Gasteiger partial charge in [0.25, 0.3) is 0 Å². The third-order valence-corrected chi connectivity index (χ3v) is 3.51. The second-order valence-corrected chi connectivity index (χ2v) is 5.30. The predicted molar refractivity (Wildman–Crippen MR) is 84.9 cm³/mol. The highest BCUT2D eigenvalue weighted by atomic mass is 35.5. The number of benzene rings is 1. The van der Waals surface area contributed by atoms with Crippen LogP contribution >= 0.6 is 11.6 Å². The lowest BCUT2D eigenvalue weighted by Gasteiger charge is -2.09. The summed E-state index contributed by atoms with van der Waals surface area (Å²) < 4.78 is 10.3. The van der Waals surface area contributed by atoms with E-state index in [0.29, 0.717) is 0 Å². The van der Waals surface area contributed by atoms with E-state index in [0.717, 1.165) is 36.9 Å². The van der Waals surface area contributed by atoms with Gasteiger partial charge in [-0.25, -0.2) is 0 Å². The fourth-order valence-electron chi connectivity index (χ4n) is 2.16. The van der Waals surface area contributed by atoms with E-state index in [-0.39, 0.29) is 0 Å². The van der Waals surface area contributed by atoms with Crippen molar-refractivity contribution in [1.29, 1.82) is 0 Å². The van der Waals surface area contributed by atoms with Crippen molar-refractivity contribution in [2.24, 2.45) is 0 Å². The Bertz CT molecular complexity index is 371. The maximum atomic E-state index is 6.02. The van der Waals surface area contributed by atoms with Gasteiger partial charge in [-0.2, -0.15) is 0 Å². The van der Waals surface area contributed by atoms with Crippen molar-refractivity contribution in [2.75, 3.05) is 33.9 Å². The molecule has 0 aliphatic rings. The molecule has 0 bridgehead atoms. The predicted octanol–water partition coefficient (Wildman–Crippen LogP) is 3.69. The minimum atomic E-state index is 0.781. The molecule has 20 heavy (non-hydrogen) atoms. The van der Waals surface area contributed by atoms with Gasteiger partial charge in [0, 0.05) is 18.7 Å². The van der Waals surface area contributed by atoms with Crippen LogP contribution in [-0.4, -0.2) is 33.9 Å². The molecule has 0 fully saturated rings. The molecule has 1 rings (SSSR count). The van der Waals surface area contributed by atoms with Crippen molar-refractivity contribution in [3.63, 3.8) is 0 Å². The van der Waals surface area contributed by atoms with Crippen LogP contribution in [0.1, 0.15) is 31.2 Å². The molecule has 0 aliphatic carbocycles. The number of halogens is 1. The fraction of sp³-hybridized carbons (Fsp3) is 0.625. The summed E-state index contributed by atoms with van der Waals surface area (Å²) in [7, 11) is 3.43. The average molecular weight is 300 g/mol. The molecule has 0 saturated carbocycles. The van der Waals surface area contributed by atoms with E-state index >= 15 is 0 Å². The number of aryl methyl sites for hydroxylation is 1. The number of unbranched alkanes of at least 4 members (excludes halogenated alkanes) is 3. The van der Waals surface area contributed by atoms with E-state index in [4.69, 9.17) is 21.1 Å². The summed E-state index contributed by atoms with van der Waals surface area (Å²) in [5, 5.41) is 4.14. The normalized spacial score (nSPS) is 10.8. The lowest BCUT2D eigenvalue weighted by atomic mass is 10.1. The van der Waals surface area contributed by atoms with Gasteiger partial charge < -0.3 is 14.8 Å². The molecule has 1 aromatic carbocycles. The van der Waals surface area contributed by atoms with Gasteiger partial charge in [-0.15, -0.1) is 0 Å². The van der Waals surface area contributed by atoms with Crippen molar-refractivity contribution in [3.8, 4) is 5.75 Å². The molecule has 1 N–H and O–H groups in total. The average Bonchev–Trinajstić information content (AvgIpc) is 2.46. The highest BCUT2D eigenvalue weighted by Gasteiger charge is 2.03. The third-order valence-electron chi connectivity index (χ3n) is 3.28. The fourth-order valence-corrected chi connectivity index (χ4v) is 2.36. The molecule has 0 amide bonds. The highest BCUT2D eigenvalue weighted by Crippen LogP contribution is 2.24. The van der Waals surface area contributed by atoms with E-state index in [1.807, 2.05) is 18.2 Å². The second kappa shape index (κ2) is 11.0. The standard InChI is InChI=1S/C16H26ClNO2/c1-19-12-11-18-10-6-4-3-5-7-14-13-15(17)8-9-16(14)20-2/h8-9,13,18H,3-7,10-12H2,1-2H3. The number of rotatable bonds is 11. The highest BCUT2D eigenvalue weighted by molar-refractivity contribution is 6.30. The molecule has 0 aromatic heterocycles. The summed E-state index contributed by atoms with van der Waals surface area (Å²) in [6, 6.07) is 5.82. The quantitative estimate of drug-likeness (QED) is 0.632. The molecular weight excluding hydrogens is 274 g/mol. The first-order valence-electron chi connectivity index (χ1n) is 7.30. The van der Waals surface area contributed by atoms with Crippen molar-refractivity contribution in [2.45, 2.75) is 32.1 Å². The molecule has 0 radical (unpaired) electrons. The van der Waals surface area contributed by atoms with Crippen LogP contribution in [0.3, 0.4) is 0 Å². The molecule has 0 spiro atoms. The Kier molecular flexibility index (Phi) is 9.46. The van der Waals surface area contributed by atoms with Gasteiger partial charge >= 0.3 is 0 Å². The topological polar surface area (TPSA) is 30.5 Å². The van der Waals surface area contributed by atoms with Crippen molar-refractivity contribution >= 4 is 11.6 Å². The van der Waals surface area contributed by atoms with Crippen LogP contribution < -0.4 is 10.1 Å². The van der Waals surface area contributed by atoms with Gasteiger partial charge in [-0.1, -0.05) is 24.4 Å². The van der Waals surface area contributed by atoms with Gasteiger partial charge in [-0.3, -0.25) is 0 Å². The lowest BCUT2D eigenvalue weighted by Crippen LogP contribution is -2.20. The van der Waals surface area contributed by atoms with Gasteiger partial charge in [0.15, 0.2) is 0 Å². The molecule has 1 aromatic rings. The molecule has 0 heterocycles. The Morgan fingerprint density at radius 3 is 2.60 bits per heavy atom. The Labute approximate surface area is 127 Å². The first-order valence-corrected chi connectivity index (χ1v) is 7.67. The van der Waals surface area contributed by atoms with Crippen molar-refractivity contribution < 1.29 is 9.47 Å². The van der Waals surface area contributed by atoms with Crippen LogP contribution in [0, 0.1) is 0 Å². The van der Waals surface area contributed by atoms with Crippen LogP contribution in [0.2, 0.25) is 5.02 Å². The molecule has 3 nitrogen and oxygen atoms in total. The SMILES string of the molecule is COCCNCCCCCCc1cc(Cl)ccc1OC. The van der Waals surface area contributed by atoms with Crippen molar-refractivity contribution in [1.82, 2.24) is 5.32 Å². The van der Waals surface area contributed by atoms with Crippen LogP contribution in [0.25, 0.3) is 0 Å². The summed E-state index contributed by atoms with van der Waals surface area (Å²) >= 11 is 6.02.